The minimum absolute atomic E-state index is 0.0589. The molecule has 7 heteroatoms. The summed E-state index contributed by atoms with van der Waals surface area (Å²) in [6.07, 6.45) is 4.92. The van der Waals surface area contributed by atoms with Crippen LogP contribution in [0, 0.1) is 0 Å². The third-order valence-corrected chi connectivity index (χ3v) is 7.23. The number of aromatic nitrogens is 2. The number of nitrogens with zero attached hydrogens (tertiary/aromatic N) is 2. The number of hydrogen-bond donors (Lipinski definition) is 1. The SMILES string of the molecule is COC(=O)[C@H]1Cc2ccccc2CN1Cc1nc2sc3c(c2c(=O)[nH]1)CCCC3. The predicted molar refractivity (Wildman–Crippen MR) is 112 cm³/mol. The Balaban J connectivity index is 1.50. The lowest BCUT2D eigenvalue weighted by Crippen LogP contribution is -2.46. The summed E-state index contributed by atoms with van der Waals surface area (Å²) in [6.45, 7) is 1.03. The summed E-state index contributed by atoms with van der Waals surface area (Å²) in [5.41, 5.74) is 3.50. The minimum atomic E-state index is -0.382. The van der Waals surface area contributed by atoms with Gasteiger partial charge in [-0.1, -0.05) is 24.3 Å². The quantitative estimate of drug-likeness (QED) is 0.673. The number of carbonyl (C=O) groups excluding carboxylic acids is 1. The van der Waals surface area contributed by atoms with Crippen molar-refractivity contribution in [3.63, 3.8) is 0 Å². The fourth-order valence-corrected chi connectivity index (χ4v) is 5.87. The number of thiophene rings is 1. The molecule has 0 spiro atoms. The Morgan fingerprint density at radius 2 is 2.07 bits per heavy atom. The van der Waals surface area contributed by atoms with E-state index in [0.717, 1.165) is 29.5 Å². The molecule has 6 nitrogen and oxygen atoms in total. The van der Waals surface area contributed by atoms with Crippen LogP contribution in [0.3, 0.4) is 0 Å². The van der Waals surface area contributed by atoms with E-state index in [1.165, 1.54) is 35.1 Å². The van der Waals surface area contributed by atoms with E-state index >= 15 is 0 Å². The number of rotatable bonds is 3. The molecule has 1 atom stereocenters. The van der Waals surface area contributed by atoms with Crippen molar-refractivity contribution in [2.24, 2.45) is 0 Å². The van der Waals surface area contributed by atoms with Crippen molar-refractivity contribution >= 4 is 27.5 Å². The molecule has 0 radical (unpaired) electrons. The maximum atomic E-state index is 12.8. The number of aromatic amines is 1. The third kappa shape index (κ3) is 3.28. The van der Waals surface area contributed by atoms with Gasteiger partial charge in [-0.25, -0.2) is 4.98 Å². The normalized spacial score (nSPS) is 19.0. The Morgan fingerprint density at radius 1 is 1.28 bits per heavy atom. The van der Waals surface area contributed by atoms with Crippen molar-refractivity contribution in [1.82, 2.24) is 14.9 Å². The van der Waals surface area contributed by atoms with Crippen LogP contribution in [-0.2, 0) is 41.9 Å². The summed E-state index contributed by atoms with van der Waals surface area (Å²) in [5.74, 6) is 0.351. The lowest BCUT2D eigenvalue weighted by molar-refractivity contribution is -0.148. The number of benzene rings is 1. The molecular formula is C22H23N3O3S. The van der Waals surface area contributed by atoms with Crippen LogP contribution in [0.25, 0.3) is 10.2 Å². The Kier molecular flexibility index (Phi) is 4.72. The fourth-order valence-electron chi connectivity index (χ4n) is 4.59. The molecule has 1 aliphatic carbocycles. The summed E-state index contributed by atoms with van der Waals surface area (Å²) >= 11 is 1.65. The van der Waals surface area contributed by atoms with Gasteiger partial charge in [0.05, 0.1) is 19.0 Å². The number of hydrogen-bond acceptors (Lipinski definition) is 6. The molecule has 5 rings (SSSR count). The molecule has 0 saturated carbocycles. The van der Waals surface area contributed by atoms with Crippen LogP contribution in [0.15, 0.2) is 29.1 Å². The summed E-state index contributed by atoms with van der Waals surface area (Å²) in [5, 5.41) is 0.766. The van der Waals surface area contributed by atoms with Crippen LogP contribution < -0.4 is 5.56 Å². The molecule has 150 valence electrons. The van der Waals surface area contributed by atoms with Crippen LogP contribution in [0.5, 0.6) is 0 Å². The van der Waals surface area contributed by atoms with E-state index in [2.05, 4.69) is 17.1 Å². The molecule has 1 aliphatic heterocycles. The highest BCUT2D eigenvalue weighted by Gasteiger charge is 2.33. The van der Waals surface area contributed by atoms with Crippen molar-refractivity contribution in [3.05, 3.63) is 62.0 Å². The molecule has 0 amide bonds. The highest BCUT2D eigenvalue weighted by Crippen LogP contribution is 2.33. The monoisotopic (exact) mass is 409 g/mol. The second-order valence-electron chi connectivity index (χ2n) is 7.82. The molecule has 0 bridgehead atoms. The lowest BCUT2D eigenvalue weighted by atomic mass is 9.94. The van der Waals surface area contributed by atoms with Crippen molar-refractivity contribution < 1.29 is 9.53 Å². The first-order chi connectivity index (χ1) is 14.1. The molecular weight excluding hydrogens is 386 g/mol. The van der Waals surface area contributed by atoms with E-state index in [-0.39, 0.29) is 17.6 Å². The standard InChI is InChI=1S/C22H23N3O3S/c1-28-22(27)16-10-13-6-2-3-7-14(13)11-25(16)12-18-23-20(26)19-15-8-4-5-9-17(15)29-21(19)24-18/h2-3,6-7,16H,4-5,8-12H2,1H3,(H,23,24,26)/t16-/m1/s1. The van der Waals surface area contributed by atoms with Crippen molar-refractivity contribution in [3.8, 4) is 0 Å². The van der Waals surface area contributed by atoms with Gasteiger partial charge in [0.2, 0.25) is 0 Å². The third-order valence-electron chi connectivity index (χ3n) is 6.05. The molecule has 0 saturated heterocycles. The van der Waals surface area contributed by atoms with E-state index in [1.54, 1.807) is 11.3 Å². The Labute approximate surface area is 172 Å². The largest absolute Gasteiger partial charge is 0.468 e. The number of carbonyl (C=O) groups is 1. The molecule has 1 aromatic carbocycles. The minimum Gasteiger partial charge on any atom is -0.468 e. The number of esters is 1. The van der Waals surface area contributed by atoms with E-state index < -0.39 is 0 Å². The number of H-pyrrole nitrogens is 1. The van der Waals surface area contributed by atoms with Gasteiger partial charge < -0.3 is 9.72 Å². The van der Waals surface area contributed by atoms with Gasteiger partial charge in [-0.3, -0.25) is 14.5 Å². The van der Waals surface area contributed by atoms with Crippen molar-refractivity contribution in [2.45, 2.75) is 51.2 Å². The fraction of sp³-hybridized carbons (Fsp3) is 0.409. The zero-order valence-corrected chi connectivity index (χ0v) is 17.2. The average molecular weight is 410 g/mol. The predicted octanol–water partition coefficient (Wildman–Crippen LogP) is 2.96. The summed E-state index contributed by atoms with van der Waals surface area (Å²) in [7, 11) is 1.42. The average Bonchev–Trinajstić information content (AvgIpc) is 3.11. The molecule has 2 aromatic heterocycles. The second kappa shape index (κ2) is 7.39. The van der Waals surface area contributed by atoms with Gasteiger partial charge in [0.25, 0.3) is 5.56 Å². The number of aryl methyl sites for hydroxylation is 2. The van der Waals surface area contributed by atoms with E-state index in [1.807, 2.05) is 17.0 Å². The number of fused-ring (bicyclic) bond motifs is 4. The van der Waals surface area contributed by atoms with Gasteiger partial charge >= 0.3 is 5.97 Å². The van der Waals surface area contributed by atoms with Crippen LogP contribution in [0.2, 0.25) is 0 Å². The molecule has 29 heavy (non-hydrogen) atoms. The van der Waals surface area contributed by atoms with Crippen LogP contribution >= 0.6 is 11.3 Å². The Morgan fingerprint density at radius 3 is 2.90 bits per heavy atom. The van der Waals surface area contributed by atoms with Gasteiger partial charge in [-0.2, -0.15) is 0 Å². The zero-order valence-electron chi connectivity index (χ0n) is 16.4. The Bertz CT molecular complexity index is 1150. The van der Waals surface area contributed by atoms with Crippen LogP contribution in [0.4, 0.5) is 0 Å². The van der Waals surface area contributed by atoms with E-state index in [0.29, 0.717) is 25.3 Å². The first-order valence-corrected chi connectivity index (χ1v) is 10.9. The topological polar surface area (TPSA) is 75.3 Å². The molecule has 1 N–H and O–H groups in total. The van der Waals surface area contributed by atoms with Gasteiger partial charge in [0, 0.05) is 11.4 Å². The smallest absolute Gasteiger partial charge is 0.323 e. The summed E-state index contributed by atoms with van der Waals surface area (Å²) < 4.78 is 5.05. The summed E-state index contributed by atoms with van der Waals surface area (Å²) in [4.78, 5) is 37.2. The van der Waals surface area contributed by atoms with E-state index in [9.17, 15) is 9.59 Å². The number of nitrogens with one attached hydrogen (secondary N) is 1. The second-order valence-corrected chi connectivity index (χ2v) is 8.90. The zero-order chi connectivity index (χ0) is 20.0. The Hall–Kier alpha value is -2.51. The first-order valence-electron chi connectivity index (χ1n) is 10.1. The maximum absolute atomic E-state index is 12.8. The number of ether oxygens (including phenoxy) is 1. The molecule has 0 fully saturated rings. The van der Waals surface area contributed by atoms with Crippen LogP contribution in [-0.4, -0.2) is 34.0 Å². The van der Waals surface area contributed by atoms with Crippen molar-refractivity contribution in [2.75, 3.05) is 7.11 Å². The first kappa shape index (κ1) is 18.5. The van der Waals surface area contributed by atoms with Crippen molar-refractivity contribution in [1.29, 1.82) is 0 Å². The molecule has 2 aliphatic rings. The molecule has 0 unspecified atom stereocenters. The molecule has 3 heterocycles. The molecule has 3 aromatic rings. The van der Waals surface area contributed by atoms with Gasteiger partial charge in [-0.15, -0.1) is 11.3 Å². The lowest BCUT2D eigenvalue weighted by Gasteiger charge is -2.34. The van der Waals surface area contributed by atoms with Gasteiger partial charge in [0.15, 0.2) is 0 Å². The van der Waals surface area contributed by atoms with E-state index in [4.69, 9.17) is 9.72 Å². The maximum Gasteiger partial charge on any atom is 0.323 e. The van der Waals surface area contributed by atoms with Gasteiger partial charge in [0.1, 0.15) is 16.7 Å². The number of methoxy groups -OCH3 is 1. The summed E-state index contributed by atoms with van der Waals surface area (Å²) in [6, 6.07) is 7.77. The van der Waals surface area contributed by atoms with Crippen LogP contribution in [0.1, 0.15) is 40.2 Å². The highest BCUT2D eigenvalue weighted by molar-refractivity contribution is 7.18. The highest BCUT2D eigenvalue weighted by atomic mass is 32.1. The van der Waals surface area contributed by atoms with Gasteiger partial charge in [-0.05, 0) is 48.8 Å².